The second-order valence-electron chi connectivity index (χ2n) is 5.94. The highest BCUT2D eigenvalue weighted by atomic mass is 35.5. The van der Waals surface area contributed by atoms with Crippen LogP contribution in [0.1, 0.15) is 26.5 Å². The van der Waals surface area contributed by atoms with Gasteiger partial charge in [0.15, 0.2) is 0 Å². The molecule has 0 aromatic carbocycles. The van der Waals surface area contributed by atoms with Gasteiger partial charge in [0.25, 0.3) is 0 Å². The van der Waals surface area contributed by atoms with Crippen LogP contribution in [-0.4, -0.2) is 45.8 Å². The minimum Gasteiger partial charge on any atom is -0.391 e. The van der Waals surface area contributed by atoms with Gasteiger partial charge in [-0.05, 0) is 20.8 Å². The van der Waals surface area contributed by atoms with Crippen LogP contribution in [0.15, 0.2) is 6.20 Å². The van der Waals surface area contributed by atoms with E-state index in [-0.39, 0.29) is 24.0 Å². The van der Waals surface area contributed by atoms with E-state index in [9.17, 15) is 5.11 Å². The standard InChI is InChI=1S/C12H23N5O.ClH/c1-12(2,3)17-8-10(15-16-17)6-13-4-9-5-14-7-11(9)18;/h8-9,11,13-14,18H,4-7H2,1-3H3;1H. The highest BCUT2D eigenvalue weighted by Crippen LogP contribution is 2.12. The molecule has 1 aromatic rings. The van der Waals surface area contributed by atoms with Crippen LogP contribution in [0.3, 0.4) is 0 Å². The van der Waals surface area contributed by atoms with Gasteiger partial charge in [-0.3, -0.25) is 0 Å². The quantitative estimate of drug-likeness (QED) is 0.734. The molecule has 6 nitrogen and oxygen atoms in total. The summed E-state index contributed by atoms with van der Waals surface area (Å²) in [5, 5.41) is 24.4. The van der Waals surface area contributed by atoms with Gasteiger partial charge in [0.2, 0.25) is 0 Å². The summed E-state index contributed by atoms with van der Waals surface area (Å²) in [6, 6.07) is 0. The number of aliphatic hydroxyl groups excluding tert-OH is 1. The lowest BCUT2D eigenvalue weighted by atomic mass is 10.1. The van der Waals surface area contributed by atoms with Crippen molar-refractivity contribution in [3.8, 4) is 0 Å². The molecular formula is C12H24ClN5O. The molecule has 19 heavy (non-hydrogen) atoms. The van der Waals surface area contributed by atoms with Crippen molar-refractivity contribution in [1.82, 2.24) is 25.6 Å². The van der Waals surface area contributed by atoms with Gasteiger partial charge in [0.1, 0.15) is 0 Å². The first-order chi connectivity index (χ1) is 8.47. The maximum Gasteiger partial charge on any atom is 0.0965 e. The largest absolute Gasteiger partial charge is 0.391 e. The van der Waals surface area contributed by atoms with Crippen molar-refractivity contribution in [3.63, 3.8) is 0 Å². The Morgan fingerprint density at radius 3 is 2.74 bits per heavy atom. The molecule has 2 heterocycles. The Labute approximate surface area is 120 Å². The molecule has 2 unspecified atom stereocenters. The van der Waals surface area contributed by atoms with Crippen LogP contribution in [0.4, 0.5) is 0 Å². The molecule has 110 valence electrons. The molecule has 7 heteroatoms. The highest BCUT2D eigenvalue weighted by Gasteiger charge is 2.24. The van der Waals surface area contributed by atoms with E-state index in [2.05, 4.69) is 41.7 Å². The van der Waals surface area contributed by atoms with E-state index in [4.69, 9.17) is 0 Å². The number of nitrogens with one attached hydrogen (secondary N) is 2. The molecule has 2 rings (SSSR count). The molecule has 2 atom stereocenters. The van der Waals surface area contributed by atoms with Crippen molar-refractivity contribution in [2.45, 2.75) is 39.0 Å². The number of β-amino-alcohol motifs (C(OH)–C–C–N with tert-alkyl or cyclic N) is 1. The second kappa shape index (κ2) is 6.65. The van der Waals surface area contributed by atoms with Gasteiger partial charge in [-0.15, -0.1) is 17.5 Å². The molecular weight excluding hydrogens is 266 g/mol. The Balaban J connectivity index is 0.00000180. The number of halogens is 1. The molecule has 1 aromatic heterocycles. The molecule has 0 aliphatic carbocycles. The first-order valence-corrected chi connectivity index (χ1v) is 6.48. The van der Waals surface area contributed by atoms with E-state index in [0.717, 1.165) is 18.8 Å². The molecule has 0 spiro atoms. The van der Waals surface area contributed by atoms with Crippen LogP contribution < -0.4 is 10.6 Å². The van der Waals surface area contributed by atoms with E-state index in [1.54, 1.807) is 0 Å². The van der Waals surface area contributed by atoms with E-state index in [1.807, 2.05) is 10.9 Å². The second-order valence-corrected chi connectivity index (χ2v) is 5.94. The first-order valence-electron chi connectivity index (χ1n) is 6.48. The Morgan fingerprint density at radius 2 is 2.21 bits per heavy atom. The van der Waals surface area contributed by atoms with Crippen LogP contribution in [-0.2, 0) is 12.1 Å². The zero-order valence-electron chi connectivity index (χ0n) is 11.8. The van der Waals surface area contributed by atoms with Gasteiger partial charge in [0, 0.05) is 32.1 Å². The topological polar surface area (TPSA) is 75.0 Å². The minimum atomic E-state index is -0.234. The van der Waals surface area contributed by atoms with Crippen molar-refractivity contribution in [3.05, 3.63) is 11.9 Å². The Hall–Kier alpha value is -0.690. The van der Waals surface area contributed by atoms with Crippen LogP contribution in [0, 0.1) is 5.92 Å². The molecule has 1 fully saturated rings. The third-order valence-electron chi connectivity index (χ3n) is 3.24. The summed E-state index contributed by atoms with van der Waals surface area (Å²) in [7, 11) is 0. The maximum atomic E-state index is 9.66. The number of hydrogen-bond acceptors (Lipinski definition) is 5. The number of nitrogens with zero attached hydrogens (tertiary/aromatic N) is 3. The molecule has 0 saturated carbocycles. The zero-order chi connectivity index (χ0) is 13.2. The lowest BCUT2D eigenvalue weighted by molar-refractivity contribution is 0.146. The van der Waals surface area contributed by atoms with Crippen molar-refractivity contribution in [1.29, 1.82) is 0 Å². The van der Waals surface area contributed by atoms with Gasteiger partial charge in [-0.25, -0.2) is 4.68 Å². The molecule has 1 aliphatic rings. The summed E-state index contributed by atoms with van der Waals surface area (Å²) >= 11 is 0. The smallest absolute Gasteiger partial charge is 0.0965 e. The maximum absolute atomic E-state index is 9.66. The summed E-state index contributed by atoms with van der Waals surface area (Å²) in [4.78, 5) is 0. The summed E-state index contributed by atoms with van der Waals surface area (Å²) < 4.78 is 1.87. The average Bonchev–Trinajstić information content (AvgIpc) is 2.88. The molecule has 1 aliphatic heterocycles. The fraction of sp³-hybridized carbons (Fsp3) is 0.833. The fourth-order valence-corrected chi connectivity index (χ4v) is 2.02. The highest BCUT2D eigenvalue weighted by molar-refractivity contribution is 5.85. The van der Waals surface area contributed by atoms with E-state index in [0.29, 0.717) is 19.0 Å². The van der Waals surface area contributed by atoms with Gasteiger partial charge in [-0.1, -0.05) is 5.21 Å². The molecule has 1 saturated heterocycles. The van der Waals surface area contributed by atoms with Crippen LogP contribution in [0.2, 0.25) is 0 Å². The van der Waals surface area contributed by atoms with Gasteiger partial charge in [-0.2, -0.15) is 0 Å². The van der Waals surface area contributed by atoms with Crippen molar-refractivity contribution in [2.24, 2.45) is 5.92 Å². The lowest BCUT2D eigenvalue weighted by Gasteiger charge is -2.17. The normalized spacial score (nSPS) is 23.4. The number of rotatable bonds is 4. The summed E-state index contributed by atoms with van der Waals surface area (Å²) in [6.45, 7) is 9.36. The Morgan fingerprint density at radius 1 is 1.47 bits per heavy atom. The van der Waals surface area contributed by atoms with E-state index < -0.39 is 0 Å². The van der Waals surface area contributed by atoms with Crippen molar-refractivity contribution < 1.29 is 5.11 Å². The Kier molecular flexibility index (Phi) is 5.73. The van der Waals surface area contributed by atoms with E-state index >= 15 is 0 Å². The fourth-order valence-electron chi connectivity index (χ4n) is 2.02. The van der Waals surface area contributed by atoms with Gasteiger partial charge in [0.05, 0.1) is 23.5 Å². The molecule has 3 N–H and O–H groups in total. The number of aliphatic hydroxyl groups is 1. The molecule has 0 amide bonds. The third kappa shape index (κ3) is 4.42. The van der Waals surface area contributed by atoms with Crippen LogP contribution >= 0.6 is 12.4 Å². The lowest BCUT2D eigenvalue weighted by Crippen LogP contribution is -2.30. The first kappa shape index (κ1) is 16.4. The van der Waals surface area contributed by atoms with Gasteiger partial charge >= 0.3 is 0 Å². The van der Waals surface area contributed by atoms with Crippen LogP contribution in [0.5, 0.6) is 0 Å². The minimum absolute atomic E-state index is 0. The summed E-state index contributed by atoms with van der Waals surface area (Å²) in [5.41, 5.74) is 0.905. The summed E-state index contributed by atoms with van der Waals surface area (Å²) in [5.74, 6) is 0.294. The predicted molar refractivity (Wildman–Crippen MR) is 76.3 cm³/mol. The predicted octanol–water partition coefficient (Wildman–Crippen LogP) is 0.125. The third-order valence-corrected chi connectivity index (χ3v) is 3.24. The Bertz CT molecular complexity index is 390. The summed E-state index contributed by atoms with van der Waals surface area (Å²) in [6.07, 6.45) is 1.74. The zero-order valence-corrected chi connectivity index (χ0v) is 12.6. The average molecular weight is 290 g/mol. The van der Waals surface area contributed by atoms with Crippen molar-refractivity contribution in [2.75, 3.05) is 19.6 Å². The monoisotopic (exact) mass is 289 g/mol. The number of aromatic nitrogens is 3. The SMILES string of the molecule is CC(C)(C)n1cc(CNCC2CNCC2O)nn1.Cl. The van der Waals surface area contributed by atoms with Crippen LogP contribution in [0.25, 0.3) is 0 Å². The van der Waals surface area contributed by atoms with Gasteiger partial charge < -0.3 is 15.7 Å². The molecule has 0 bridgehead atoms. The van der Waals surface area contributed by atoms with Crippen molar-refractivity contribution >= 4 is 12.4 Å². The number of hydrogen-bond donors (Lipinski definition) is 3. The molecule has 0 radical (unpaired) electrons. The van der Waals surface area contributed by atoms with E-state index in [1.165, 1.54) is 0 Å².